The van der Waals surface area contributed by atoms with E-state index < -0.39 is 8.53 Å². The van der Waals surface area contributed by atoms with Crippen LogP contribution in [0.25, 0.3) is 0 Å². The predicted octanol–water partition coefficient (Wildman–Crippen LogP) is 3.66. The Morgan fingerprint density at radius 2 is 2.24 bits per heavy atom. The van der Waals surface area contributed by atoms with Crippen LogP contribution in [0.2, 0.25) is 0 Å². The van der Waals surface area contributed by atoms with Crippen LogP contribution in [-0.4, -0.2) is 59.6 Å². The van der Waals surface area contributed by atoms with Crippen molar-refractivity contribution in [2.45, 2.75) is 57.6 Å². The monoisotopic (exact) mass is 495 g/mol. The highest BCUT2D eigenvalue weighted by Gasteiger charge is 2.46. The SMILES string of the molecule is S.[2H]CC1OC(n2cnc3c2N=C(C)CC3=O)CC1O[P@@]1OC[C@@H]2Cc3ccccc3N21.[3H]OC. The molecule has 2 saturated heterocycles. The second-order valence-corrected chi connectivity index (χ2v) is 9.52. The molecule has 1 N–H and O–H groups in total. The molecule has 0 bridgehead atoms. The molecule has 2 aromatic rings. The first-order valence-corrected chi connectivity index (χ1v) is 11.7. The Hall–Kier alpha value is -1.81. The van der Waals surface area contributed by atoms with Gasteiger partial charge in [0.15, 0.2) is 17.3 Å². The normalized spacial score (nSPS) is 30.2. The van der Waals surface area contributed by atoms with Crippen LogP contribution in [0, 0.1) is 0 Å². The van der Waals surface area contributed by atoms with Crippen molar-refractivity contribution in [3.63, 3.8) is 0 Å². The standard InChI is InChI=1S/C21H23N4O4P.CH4O.H2S/c1-12-7-17(26)20-21(23-12)24(11-22-20)19-9-18(13(2)28-19)29-30-25-15(10-27-30)8-14-5-3-4-6-16(14)25;1-2;/h3-6,11,13,15,18-19H,7-10H2,1-2H3;2H,1H3;1H2/t13?,15-,18?,19?,30+;;/m0../s1/i2D;2T;. The highest BCUT2D eigenvalue weighted by atomic mass is 32.1. The number of hydrogen-bond acceptors (Lipinski definition) is 8. The maximum Gasteiger partial charge on any atom is 0.290 e. The molecule has 5 atom stereocenters. The molecule has 0 radical (unpaired) electrons. The number of imidazole rings is 1. The van der Waals surface area contributed by atoms with Crippen LogP contribution >= 0.6 is 22.0 Å². The van der Waals surface area contributed by atoms with Gasteiger partial charge in [0.1, 0.15) is 6.23 Å². The third-order valence-corrected chi connectivity index (χ3v) is 7.77. The molecule has 11 heteroatoms. The molecule has 33 heavy (non-hydrogen) atoms. The number of aromatic nitrogens is 2. The van der Waals surface area contributed by atoms with Gasteiger partial charge in [0.05, 0.1) is 37.6 Å². The number of aliphatic hydroxyl groups is 1. The van der Waals surface area contributed by atoms with Crippen molar-refractivity contribution in [1.82, 2.24) is 9.55 Å². The molecule has 178 valence electrons. The van der Waals surface area contributed by atoms with E-state index in [4.69, 9.17) is 16.6 Å². The van der Waals surface area contributed by atoms with Gasteiger partial charge in [-0.15, -0.1) is 0 Å². The molecule has 4 aliphatic rings. The topological polar surface area (TPSA) is 98.4 Å². The fourth-order valence-electron chi connectivity index (χ4n) is 4.60. The molecule has 2 fully saturated rings. The van der Waals surface area contributed by atoms with E-state index in [-0.39, 0.29) is 44.6 Å². The molecule has 0 saturated carbocycles. The van der Waals surface area contributed by atoms with E-state index in [2.05, 4.69) is 38.0 Å². The summed E-state index contributed by atoms with van der Waals surface area (Å²) >= 11 is 0. The lowest BCUT2D eigenvalue weighted by Gasteiger charge is -2.26. The Morgan fingerprint density at radius 3 is 3.06 bits per heavy atom. The number of ether oxygens (including phenoxy) is 1. The van der Waals surface area contributed by atoms with E-state index in [0.717, 1.165) is 12.1 Å². The summed E-state index contributed by atoms with van der Waals surface area (Å²) in [7, 11) is 0.0393. The Labute approximate surface area is 204 Å². The molecule has 9 nitrogen and oxygen atoms in total. The zero-order chi connectivity index (χ0) is 23.8. The van der Waals surface area contributed by atoms with Gasteiger partial charge in [-0.05, 0) is 31.9 Å². The van der Waals surface area contributed by atoms with Crippen molar-refractivity contribution < 1.29 is 25.1 Å². The minimum atomic E-state index is -1.25. The van der Waals surface area contributed by atoms with E-state index in [1.54, 1.807) is 10.9 Å². The van der Waals surface area contributed by atoms with Crippen molar-refractivity contribution in [2.24, 2.45) is 4.99 Å². The van der Waals surface area contributed by atoms with Crippen LogP contribution in [0.3, 0.4) is 0 Å². The number of aliphatic imine (C=N–C) groups is 1. The molecular formula is C22H29N4O5PS. The van der Waals surface area contributed by atoms with Gasteiger partial charge >= 0.3 is 0 Å². The molecule has 6 rings (SSSR count). The summed E-state index contributed by atoms with van der Waals surface area (Å²) in [6, 6.07) is 8.69. The number of carbonyl (C=O) groups is 1. The van der Waals surface area contributed by atoms with Gasteiger partial charge in [0.25, 0.3) is 8.53 Å². The second kappa shape index (κ2) is 9.82. The molecule has 0 aliphatic carbocycles. The lowest BCUT2D eigenvalue weighted by Crippen LogP contribution is -2.26. The smallest absolute Gasteiger partial charge is 0.290 e. The summed E-state index contributed by atoms with van der Waals surface area (Å²) in [5.74, 6) is 0.519. The highest BCUT2D eigenvalue weighted by molar-refractivity contribution is 7.59. The fraction of sp³-hybridized carbons (Fsp3) is 0.500. The molecule has 1 aromatic heterocycles. The summed E-state index contributed by atoms with van der Waals surface area (Å²) in [6.45, 7) is 2.58. The lowest BCUT2D eigenvalue weighted by molar-refractivity contribution is -0.00346. The van der Waals surface area contributed by atoms with Crippen molar-refractivity contribution in [3.05, 3.63) is 41.9 Å². The summed E-state index contributed by atoms with van der Waals surface area (Å²) in [4.78, 5) is 21.1. The second-order valence-electron chi connectivity index (χ2n) is 8.14. The van der Waals surface area contributed by atoms with E-state index in [1.165, 1.54) is 18.4 Å². The number of aliphatic hydroxyl groups excluding tert-OH is 1. The maximum atomic E-state index is 12.3. The third kappa shape index (κ3) is 4.24. The highest BCUT2D eigenvalue weighted by Crippen LogP contribution is 2.58. The largest absolute Gasteiger partial charge is 0.400 e. The van der Waals surface area contributed by atoms with Gasteiger partial charge in [-0.1, -0.05) is 18.2 Å². The van der Waals surface area contributed by atoms with Crippen molar-refractivity contribution in [1.29, 1.82) is 1.43 Å². The van der Waals surface area contributed by atoms with Gasteiger partial charge in [0, 0.05) is 26.3 Å². The molecule has 3 unspecified atom stereocenters. The average molecular weight is 496 g/mol. The zero-order valence-corrected chi connectivity index (χ0v) is 20.4. The summed E-state index contributed by atoms with van der Waals surface area (Å²) < 4.78 is 36.4. The van der Waals surface area contributed by atoms with Crippen molar-refractivity contribution in [3.8, 4) is 0 Å². The van der Waals surface area contributed by atoms with Gasteiger partial charge in [-0.25, -0.2) is 9.98 Å². The number of fused-ring (bicyclic) bond motifs is 4. The number of hydrogen-bond donors (Lipinski definition) is 1. The molecule has 5 heterocycles. The number of ketones is 1. The van der Waals surface area contributed by atoms with Gasteiger partial charge in [-0.3, -0.25) is 9.36 Å². The van der Waals surface area contributed by atoms with E-state index in [0.29, 0.717) is 37.0 Å². The maximum absolute atomic E-state index is 12.3. The third-order valence-electron chi connectivity index (χ3n) is 6.05. The number of anilines is 1. The number of para-hydroxylation sites is 1. The number of benzene rings is 1. The molecule has 1 aromatic carbocycles. The fourth-order valence-corrected chi connectivity index (χ4v) is 6.42. The van der Waals surface area contributed by atoms with E-state index >= 15 is 0 Å². The van der Waals surface area contributed by atoms with Gasteiger partial charge in [0.2, 0.25) is 1.43 Å². The van der Waals surface area contributed by atoms with Crippen LogP contribution in [0.15, 0.2) is 35.6 Å². The average Bonchev–Trinajstić information content (AvgIpc) is 3.57. The summed E-state index contributed by atoms with van der Waals surface area (Å²) in [6.07, 6.45) is 2.41. The number of carbonyl (C=O) groups excluding carboxylic acids is 1. The van der Waals surface area contributed by atoms with E-state index in [1.807, 2.05) is 13.0 Å². The Morgan fingerprint density at radius 1 is 1.42 bits per heavy atom. The molecule has 0 spiro atoms. The number of nitrogens with zero attached hydrogens (tertiary/aromatic N) is 4. The summed E-state index contributed by atoms with van der Waals surface area (Å²) in [5.41, 5.74) is 3.66. The Balaban J connectivity index is 0.000000689. The van der Waals surface area contributed by atoms with Crippen LogP contribution < -0.4 is 4.67 Å². The molecule has 0 amide bonds. The minimum Gasteiger partial charge on any atom is -0.400 e. The Kier molecular flexibility index (Phi) is 6.46. The van der Waals surface area contributed by atoms with Gasteiger partial charge < -0.3 is 23.6 Å². The first-order chi connectivity index (χ1) is 16.5. The first kappa shape index (κ1) is 21.7. The minimum absolute atomic E-state index is 0. The van der Waals surface area contributed by atoms with E-state index in [9.17, 15) is 4.79 Å². The number of rotatable bonds is 3. The van der Waals surface area contributed by atoms with Gasteiger partial charge in [-0.2, -0.15) is 13.5 Å². The molecular weight excluding hydrogens is 463 g/mol. The van der Waals surface area contributed by atoms with Crippen LogP contribution in [0.5, 0.6) is 0 Å². The number of Topliss-reactive ketones (excluding diaryl/α,β-unsaturated/α-hetero) is 1. The van der Waals surface area contributed by atoms with Crippen LogP contribution in [0.4, 0.5) is 11.5 Å². The quantitative estimate of drug-likeness (QED) is 0.649. The van der Waals surface area contributed by atoms with Crippen LogP contribution in [-0.2, 0) is 20.2 Å². The first-order valence-electron chi connectivity index (χ1n) is 11.7. The predicted molar refractivity (Wildman–Crippen MR) is 131 cm³/mol. The van der Waals surface area contributed by atoms with Crippen LogP contribution in [0.1, 0.15) is 50.3 Å². The Bertz CT molecular complexity index is 1110. The van der Waals surface area contributed by atoms with Crippen molar-refractivity contribution >= 4 is 45.0 Å². The lowest BCUT2D eigenvalue weighted by atomic mass is 10.1. The zero-order valence-electron chi connectivity index (χ0n) is 20.5. The van der Waals surface area contributed by atoms with Crippen molar-refractivity contribution in [2.75, 3.05) is 18.4 Å². The summed E-state index contributed by atoms with van der Waals surface area (Å²) in [5, 5.41) is 3.50. The molecule has 4 aliphatic heterocycles.